The number of amides is 1. The predicted molar refractivity (Wildman–Crippen MR) is 200 cm³/mol. The van der Waals surface area contributed by atoms with Gasteiger partial charge in [0.05, 0.1) is 18.6 Å². The summed E-state index contributed by atoms with van der Waals surface area (Å²) in [5.41, 5.74) is 4.10. The van der Waals surface area contributed by atoms with Gasteiger partial charge >= 0.3 is 11.9 Å². The number of piperazine rings is 1. The molecule has 1 aromatic carbocycles. The number of allylic oxidation sites excluding steroid dienone is 1. The molecule has 2 aromatic rings. The third-order valence-electron chi connectivity index (χ3n) is 9.89. The maximum atomic E-state index is 13.4. The quantitative estimate of drug-likeness (QED) is 0.208. The number of anilines is 1. The lowest BCUT2D eigenvalue weighted by molar-refractivity contribution is -0.145. The van der Waals surface area contributed by atoms with Gasteiger partial charge < -0.3 is 25.1 Å². The highest BCUT2D eigenvalue weighted by atomic mass is 16.4. The molecule has 3 N–H and O–H groups in total. The van der Waals surface area contributed by atoms with Gasteiger partial charge in [0.1, 0.15) is 11.8 Å². The van der Waals surface area contributed by atoms with Crippen LogP contribution in [0.1, 0.15) is 39.3 Å². The third kappa shape index (κ3) is 12.3. The second kappa shape index (κ2) is 19.5. The second-order valence-electron chi connectivity index (χ2n) is 13.8. The Morgan fingerprint density at radius 1 is 0.824 bits per heavy atom. The number of hydrogen-bond acceptors (Lipinski definition) is 10. The number of carboxylic acid groups (broad SMARTS) is 2. The van der Waals surface area contributed by atoms with Crippen LogP contribution in [0.15, 0.2) is 54.3 Å². The van der Waals surface area contributed by atoms with Crippen LogP contribution in [0.5, 0.6) is 0 Å². The van der Waals surface area contributed by atoms with E-state index in [1.54, 1.807) is 13.0 Å². The first-order valence-electron chi connectivity index (χ1n) is 18.2. The molecule has 1 atom stereocenters. The molecule has 0 saturated carbocycles. The minimum Gasteiger partial charge on any atom is -0.511 e. The number of benzene rings is 1. The van der Waals surface area contributed by atoms with Crippen molar-refractivity contribution in [3.8, 4) is 0 Å². The average molecular weight is 708 g/mol. The number of rotatable bonds is 13. The summed E-state index contributed by atoms with van der Waals surface area (Å²) in [6.07, 6.45) is 2.79. The lowest BCUT2D eigenvalue weighted by Crippen LogP contribution is -2.52. The van der Waals surface area contributed by atoms with Crippen LogP contribution in [0.3, 0.4) is 0 Å². The molecule has 1 aromatic heterocycles. The Hall–Kier alpha value is -4.04. The van der Waals surface area contributed by atoms with Gasteiger partial charge in [-0.1, -0.05) is 31.2 Å². The summed E-state index contributed by atoms with van der Waals surface area (Å²) in [5.74, 6) is -1.75. The standard InChI is InChI=1S/C38H57N7O6/c1-5-31-9-7-30-8-10-32(25-34(30)39-31)43-21-23-45(24-22-43)36(47)12-11-35(38(50)51)44-19-17-41(27-33(46)6-2)15-13-40(26-29(3)4)14-16-42(18-20-44)28-37(48)49/h6-10,25,35,46H,3,5,11-24,26-28H2,1-2,4H3,(H,48,49)(H,50,51). The van der Waals surface area contributed by atoms with E-state index in [2.05, 4.69) is 58.5 Å². The van der Waals surface area contributed by atoms with Gasteiger partial charge in [0.15, 0.2) is 0 Å². The minimum absolute atomic E-state index is 0.0623. The SMILES string of the molecule is C=C(C)CN1CCN(CC(=O)O)CCN(C(CCC(=O)N2CCN(c3ccc4ccc(CC)nc4c3)CC2)C(=O)O)CCN(CC(O)=CC)CC1. The maximum absolute atomic E-state index is 13.4. The van der Waals surface area contributed by atoms with Crippen LogP contribution in [0.25, 0.3) is 10.9 Å². The smallest absolute Gasteiger partial charge is 0.320 e. The Bertz CT molecular complexity index is 1530. The molecule has 4 rings (SSSR count). The summed E-state index contributed by atoms with van der Waals surface area (Å²) in [7, 11) is 0. The van der Waals surface area contributed by atoms with E-state index < -0.39 is 18.0 Å². The second-order valence-corrected chi connectivity index (χ2v) is 13.8. The number of carbonyl (C=O) groups is 3. The van der Waals surface area contributed by atoms with Crippen molar-refractivity contribution in [2.24, 2.45) is 0 Å². The zero-order valence-electron chi connectivity index (χ0n) is 30.7. The molecule has 3 heterocycles. The summed E-state index contributed by atoms with van der Waals surface area (Å²) < 4.78 is 0. The van der Waals surface area contributed by atoms with E-state index in [0.717, 1.165) is 34.3 Å². The third-order valence-corrected chi connectivity index (χ3v) is 9.89. The first kappa shape index (κ1) is 39.7. The van der Waals surface area contributed by atoms with E-state index in [9.17, 15) is 29.7 Å². The Morgan fingerprint density at radius 2 is 1.41 bits per heavy atom. The van der Waals surface area contributed by atoms with E-state index >= 15 is 0 Å². The number of aliphatic carboxylic acids is 2. The summed E-state index contributed by atoms with van der Waals surface area (Å²) >= 11 is 0. The van der Waals surface area contributed by atoms with E-state index in [1.807, 2.05) is 21.6 Å². The summed E-state index contributed by atoms with van der Waals surface area (Å²) in [4.78, 5) is 54.9. The molecular formula is C38H57N7O6. The predicted octanol–water partition coefficient (Wildman–Crippen LogP) is 3.02. The number of pyridine rings is 1. The number of aromatic nitrogens is 1. The fraction of sp³-hybridized carbons (Fsp3) is 0.579. The number of carbonyl (C=O) groups excluding carboxylic acids is 1. The molecule has 1 unspecified atom stereocenters. The Morgan fingerprint density at radius 3 is 1.98 bits per heavy atom. The molecule has 13 nitrogen and oxygen atoms in total. The lowest BCUT2D eigenvalue weighted by atomic mass is 10.1. The number of fused-ring (bicyclic) bond motifs is 1. The highest BCUT2D eigenvalue weighted by Crippen LogP contribution is 2.23. The first-order valence-corrected chi connectivity index (χ1v) is 18.2. The zero-order valence-corrected chi connectivity index (χ0v) is 30.7. The Balaban J connectivity index is 1.41. The van der Waals surface area contributed by atoms with Gasteiger partial charge in [0.25, 0.3) is 0 Å². The minimum atomic E-state index is -1.00. The van der Waals surface area contributed by atoms with E-state index in [1.165, 1.54) is 0 Å². The number of aliphatic hydroxyl groups is 1. The van der Waals surface area contributed by atoms with E-state index in [-0.39, 0.29) is 31.1 Å². The number of nitrogens with zero attached hydrogens (tertiary/aromatic N) is 7. The van der Waals surface area contributed by atoms with Gasteiger partial charge in [0.2, 0.25) is 5.91 Å². The molecule has 2 aliphatic rings. The monoisotopic (exact) mass is 707 g/mol. The van der Waals surface area contributed by atoms with Crippen LogP contribution in [-0.4, -0.2) is 167 Å². The van der Waals surface area contributed by atoms with E-state index in [0.29, 0.717) is 91.6 Å². The molecular weight excluding hydrogens is 650 g/mol. The Kier molecular flexibility index (Phi) is 15.2. The van der Waals surface area contributed by atoms with Crippen LogP contribution < -0.4 is 4.90 Å². The summed E-state index contributed by atoms with van der Waals surface area (Å²) in [6.45, 7) is 17.3. The van der Waals surface area contributed by atoms with Crippen LogP contribution >= 0.6 is 0 Å². The molecule has 2 aliphatic heterocycles. The van der Waals surface area contributed by atoms with Crippen molar-refractivity contribution in [3.63, 3.8) is 0 Å². The van der Waals surface area contributed by atoms with Crippen molar-refractivity contribution in [1.29, 1.82) is 0 Å². The molecule has 13 heteroatoms. The van der Waals surface area contributed by atoms with Crippen molar-refractivity contribution >= 4 is 34.4 Å². The fourth-order valence-corrected chi connectivity index (χ4v) is 6.87. The number of carboxylic acids is 2. The van der Waals surface area contributed by atoms with Gasteiger partial charge in [0, 0.05) is 108 Å². The van der Waals surface area contributed by atoms with Crippen molar-refractivity contribution in [1.82, 2.24) is 29.5 Å². The molecule has 0 spiro atoms. The van der Waals surface area contributed by atoms with Crippen molar-refractivity contribution < 1.29 is 29.7 Å². The lowest BCUT2D eigenvalue weighted by Gasteiger charge is -2.37. The number of aryl methyl sites for hydroxylation is 1. The average Bonchev–Trinajstić information content (AvgIpc) is 3.11. The maximum Gasteiger partial charge on any atom is 0.320 e. The summed E-state index contributed by atoms with van der Waals surface area (Å²) in [5, 5.41) is 31.5. The van der Waals surface area contributed by atoms with Crippen LogP contribution in [0.4, 0.5) is 5.69 Å². The molecule has 2 fully saturated rings. The van der Waals surface area contributed by atoms with Gasteiger partial charge in [-0.25, -0.2) is 0 Å². The molecule has 0 aliphatic carbocycles. The zero-order chi connectivity index (χ0) is 36.9. The van der Waals surface area contributed by atoms with Crippen molar-refractivity contribution in [3.05, 3.63) is 60.0 Å². The van der Waals surface area contributed by atoms with Gasteiger partial charge in [-0.05, 0) is 51.0 Å². The summed E-state index contributed by atoms with van der Waals surface area (Å²) in [6, 6.07) is 9.52. The van der Waals surface area contributed by atoms with Crippen molar-refractivity contribution in [2.45, 2.75) is 46.1 Å². The number of hydrogen-bond donors (Lipinski definition) is 3. The highest BCUT2D eigenvalue weighted by molar-refractivity contribution is 5.83. The van der Waals surface area contributed by atoms with Gasteiger partial charge in [-0.2, -0.15) is 0 Å². The molecule has 280 valence electrons. The van der Waals surface area contributed by atoms with E-state index in [4.69, 9.17) is 4.98 Å². The first-order chi connectivity index (χ1) is 24.4. The highest BCUT2D eigenvalue weighted by Gasteiger charge is 2.30. The number of aliphatic hydroxyl groups excluding tert-OH is 1. The largest absolute Gasteiger partial charge is 0.511 e. The normalized spacial score (nSPS) is 19.0. The van der Waals surface area contributed by atoms with Crippen molar-refractivity contribution in [2.75, 3.05) is 103 Å². The van der Waals surface area contributed by atoms with Crippen LogP contribution in [0, 0.1) is 0 Å². The van der Waals surface area contributed by atoms with Gasteiger partial charge in [-0.3, -0.25) is 39.0 Å². The van der Waals surface area contributed by atoms with Crippen LogP contribution in [0.2, 0.25) is 0 Å². The van der Waals surface area contributed by atoms with Gasteiger partial charge in [-0.15, -0.1) is 0 Å². The fourth-order valence-electron chi connectivity index (χ4n) is 6.87. The molecule has 1 amide bonds. The topological polar surface area (TPSA) is 144 Å². The molecule has 0 radical (unpaired) electrons. The van der Waals surface area contributed by atoms with Crippen LogP contribution in [-0.2, 0) is 20.8 Å². The molecule has 2 saturated heterocycles. The molecule has 0 bridgehead atoms. The Labute approximate surface area is 302 Å². The molecule has 51 heavy (non-hydrogen) atoms.